The van der Waals surface area contributed by atoms with Crippen molar-refractivity contribution in [1.82, 2.24) is 10.2 Å². The topological polar surface area (TPSA) is 156 Å². The average Bonchev–Trinajstić information content (AvgIpc) is 3.79. The van der Waals surface area contributed by atoms with E-state index in [2.05, 4.69) is 17.9 Å². The molecule has 9 atom stereocenters. The van der Waals surface area contributed by atoms with Crippen molar-refractivity contribution in [2.75, 3.05) is 33.2 Å². The van der Waals surface area contributed by atoms with E-state index in [1.165, 1.54) is 31.1 Å². The smallest absolute Gasteiger partial charge is 0.409 e. The summed E-state index contributed by atoms with van der Waals surface area (Å²) in [5.41, 5.74) is -0.906. The molecule has 1 aromatic carbocycles. The number of aliphatic hydroxyl groups is 1. The Hall–Kier alpha value is -3.30. The van der Waals surface area contributed by atoms with Crippen LogP contribution in [0, 0.1) is 5.92 Å². The molecule has 3 aliphatic heterocycles. The van der Waals surface area contributed by atoms with Gasteiger partial charge in [0.25, 0.3) is 0 Å². The molecule has 4 unspecified atom stereocenters. The summed E-state index contributed by atoms with van der Waals surface area (Å²) in [5, 5.41) is 14.5. The van der Waals surface area contributed by atoms with Gasteiger partial charge in [0.15, 0.2) is 5.72 Å². The highest BCUT2D eigenvalue weighted by molar-refractivity contribution is 7.80. The highest BCUT2D eigenvalue weighted by Gasteiger charge is 2.64. The lowest BCUT2D eigenvalue weighted by molar-refractivity contribution is -0.162. The van der Waals surface area contributed by atoms with Gasteiger partial charge in [0.05, 0.1) is 25.3 Å². The van der Waals surface area contributed by atoms with Gasteiger partial charge in [0.2, 0.25) is 11.8 Å². The maximum absolute atomic E-state index is 14.1. The van der Waals surface area contributed by atoms with Gasteiger partial charge in [-0.25, -0.2) is 9.59 Å². The summed E-state index contributed by atoms with van der Waals surface area (Å²) in [5.74, 6) is -1.56. The zero-order valence-electron chi connectivity index (χ0n) is 31.3. The lowest BCUT2D eigenvalue weighted by Crippen LogP contribution is -2.63. The summed E-state index contributed by atoms with van der Waals surface area (Å²) >= 11 is 11.1. The highest BCUT2D eigenvalue weighted by atomic mass is 35.5. The quantitative estimate of drug-likeness (QED) is 0.194. The standard InChI is InChI=1S/C37H52ClN3O10S/c1-20-11-10-12-28(48-9)37(46)19-27(49-35(45)39-37)22(3)33-36(5,51-33)29(50-34(44)23(4)40(6)30(42)14-13-21(2)52)18-31(43)41(7)25-16-24(15-20)17-26(47-8)32(25)38/h10-12,16-17,21-23,27-29,33,46,52H,13-15,18-19H2,1-9H3,(H,39,45)/t21?,22?,23?,27-,28+,29-,33?,36-,37-/m0/s1. The first-order valence-electron chi connectivity index (χ1n) is 17.4. The van der Waals surface area contributed by atoms with Gasteiger partial charge in [-0.3, -0.25) is 14.9 Å². The van der Waals surface area contributed by atoms with E-state index in [0.29, 0.717) is 24.3 Å². The number of carbonyl (C=O) groups excluding carboxylic acids is 4. The number of nitrogens with zero attached hydrogens (tertiary/aromatic N) is 2. The van der Waals surface area contributed by atoms with Gasteiger partial charge in [-0.2, -0.15) is 12.6 Å². The van der Waals surface area contributed by atoms with Crippen molar-refractivity contribution in [2.24, 2.45) is 5.92 Å². The molecule has 15 heteroatoms. The number of anilines is 1. The fourth-order valence-electron chi connectivity index (χ4n) is 6.73. The van der Waals surface area contributed by atoms with Crippen molar-refractivity contribution in [3.63, 3.8) is 0 Å². The van der Waals surface area contributed by atoms with E-state index in [4.69, 9.17) is 35.3 Å². The van der Waals surface area contributed by atoms with E-state index in [1.54, 1.807) is 52.1 Å². The number of amides is 3. The van der Waals surface area contributed by atoms with Gasteiger partial charge in [-0.05, 0) is 56.6 Å². The number of hydrogen-bond donors (Lipinski definition) is 3. The molecule has 3 aliphatic rings. The van der Waals surface area contributed by atoms with Crippen molar-refractivity contribution in [1.29, 1.82) is 0 Å². The summed E-state index contributed by atoms with van der Waals surface area (Å²) in [7, 11) is 6.02. The molecule has 1 aromatic rings. The van der Waals surface area contributed by atoms with Crippen LogP contribution in [-0.4, -0.2) is 109 Å². The van der Waals surface area contributed by atoms with Crippen LogP contribution >= 0.6 is 24.2 Å². The maximum Gasteiger partial charge on any atom is 0.409 e. The number of thiol groups is 1. The number of methoxy groups -OCH3 is 2. The number of nitrogens with one attached hydrogen (secondary N) is 1. The van der Waals surface area contributed by atoms with Crippen LogP contribution in [0.3, 0.4) is 0 Å². The fraction of sp³-hybridized carbons (Fsp3) is 0.622. The largest absolute Gasteiger partial charge is 0.495 e. The molecule has 52 heavy (non-hydrogen) atoms. The lowest BCUT2D eigenvalue weighted by atomic mass is 9.83. The Labute approximate surface area is 316 Å². The summed E-state index contributed by atoms with van der Waals surface area (Å²) < 4.78 is 29.2. The Bertz CT molecular complexity index is 1590. The van der Waals surface area contributed by atoms with Crippen LogP contribution in [-0.2, 0) is 39.8 Å². The molecule has 0 aliphatic carbocycles. The van der Waals surface area contributed by atoms with Gasteiger partial charge in [0, 0.05) is 40.0 Å². The molecule has 0 saturated carbocycles. The molecule has 2 N–H and O–H groups in total. The predicted molar refractivity (Wildman–Crippen MR) is 199 cm³/mol. The molecule has 0 spiro atoms. The first kappa shape index (κ1) is 41.5. The fourth-order valence-corrected chi connectivity index (χ4v) is 7.17. The maximum atomic E-state index is 14.1. The van der Waals surface area contributed by atoms with Crippen molar-refractivity contribution in [3.05, 3.63) is 46.5 Å². The number of rotatable bonds is 8. The number of fused-ring (bicyclic) bond motifs is 5. The van der Waals surface area contributed by atoms with E-state index in [9.17, 15) is 24.3 Å². The minimum atomic E-state index is -1.82. The number of allylic oxidation sites excluding steroid dienone is 3. The van der Waals surface area contributed by atoms with Gasteiger partial charge in [-0.1, -0.05) is 49.2 Å². The summed E-state index contributed by atoms with van der Waals surface area (Å²) in [6.07, 6.45) is 1.69. The number of epoxide rings is 1. The Kier molecular flexibility index (Phi) is 13.4. The Morgan fingerprint density at radius 3 is 2.58 bits per heavy atom. The first-order valence-corrected chi connectivity index (χ1v) is 18.3. The molecule has 13 nitrogen and oxygen atoms in total. The predicted octanol–water partition coefficient (Wildman–Crippen LogP) is 4.61. The van der Waals surface area contributed by atoms with E-state index < -0.39 is 65.7 Å². The number of alkyl carbamates (subject to hydrolysis) is 1. The molecule has 3 amide bonds. The minimum absolute atomic E-state index is 0.00636. The monoisotopic (exact) mass is 765 g/mol. The van der Waals surface area contributed by atoms with E-state index >= 15 is 0 Å². The van der Waals surface area contributed by atoms with Crippen LogP contribution in [0.2, 0.25) is 5.02 Å². The average molecular weight is 766 g/mol. The second-order valence-electron chi connectivity index (χ2n) is 14.3. The van der Waals surface area contributed by atoms with Gasteiger partial charge in [-0.15, -0.1) is 0 Å². The second kappa shape index (κ2) is 16.8. The molecule has 3 heterocycles. The van der Waals surface area contributed by atoms with Crippen LogP contribution in [0.4, 0.5) is 10.5 Å². The van der Waals surface area contributed by atoms with Crippen LogP contribution in [0.1, 0.15) is 65.9 Å². The second-order valence-corrected chi connectivity index (χ2v) is 15.6. The van der Waals surface area contributed by atoms with Gasteiger partial charge in [0.1, 0.15) is 40.7 Å². The number of hydrogen-bond acceptors (Lipinski definition) is 11. The normalized spacial score (nSPS) is 30.6. The summed E-state index contributed by atoms with van der Waals surface area (Å²) in [4.78, 5) is 56.2. The third kappa shape index (κ3) is 9.25. The summed E-state index contributed by atoms with van der Waals surface area (Å²) in [6, 6.07) is 2.61. The summed E-state index contributed by atoms with van der Waals surface area (Å²) in [6.45, 7) is 8.88. The van der Waals surface area contributed by atoms with E-state index in [-0.39, 0.29) is 35.4 Å². The molecule has 2 fully saturated rings. The van der Waals surface area contributed by atoms with Crippen molar-refractivity contribution in [2.45, 2.75) is 114 Å². The number of likely N-dealkylation sites (N-methyl/N-ethyl adjacent to an activating group) is 1. The van der Waals surface area contributed by atoms with E-state index in [1.807, 2.05) is 19.9 Å². The molecular weight excluding hydrogens is 714 g/mol. The van der Waals surface area contributed by atoms with Crippen LogP contribution in [0.15, 0.2) is 35.9 Å². The van der Waals surface area contributed by atoms with Gasteiger partial charge < -0.3 is 38.6 Å². The zero-order valence-corrected chi connectivity index (χ0v) is 33.0. The number of halogens is 1. The van der Waals surface area contributed by atoms with E-state index in [0.717, 1.165) is 11.1 Å². The number of ether oxygens (including phenoxy) is 5. The third-order valence-corrected chi connectivity index (χ3v) is 10.9. The van der Waals surface area contributed by atoms with Gasteiger partial charge >= 0.3 is 12.1 Å². The highest BCUT2D eigenvalue weighted by Crippen LogP contribution is 2.49. The number of esters is 1. The molecule has 0 aromatic heterocycles. The van der Waals surface area contributed by atoms with Crippen LogP contribution in [0.25, 0.3) is 0 Å². The van der Waals surface area contributed by atoms with Crippen molar-refractivity contribution >= 4 is 53.8 Å². The van der Waals surface area contributed by atoms with Crippen LogP contribution < -0.4 is 15.0 Å². The zero-order chi connectivity index (χ0) is 38.7. The third-order valence-electron chi connectivity index (χ3n) is 10.3. The lowest BCUT2D eigenvalue weighted by Gasteiger charge is -2.42. The molecular formula is C37H52ClN3O10S. The van der Waals surface area contributed by atoms with Crippen molar-refractivity contribution < 1.29 is 48.0 Å². The molecule has 4 bridgehead atoms. The SMILES string of the molecule is COc1cc2cc(c1Cl)N(C)C(=O)C[C@H](OC(=O)C(C)N(C)C(=O)CCC(C)S)[C@]1(C)OC1C(C)[C@@H]1C[C@@](O)(NC(=O)O1)[C@H](OC)C=CC=C(C)C2. The Morgan fingerprint density at radius 1 is 1.25 bits per heavy atom. The number of benzene rings is 1. The Balaban J connectivity index is 1.75. The first-order chi connectivity index (χ1) is 24.3. The Morgan fingerprint density at radius 2 is 1.94 bits per heavy atom. The molecule has 0 radical (unpaired) electrons. The molecule has 2 saturated heterocycles. The molecule has 288 valence electrons. The minimum Gasteiger partial charge on any atom is -0.495 e. The van der Waals surface area contributed by atoms with Crippen LogP contribution in [0.5, 0.6) is 5.75 Å². The number of carbonyl (C=O) groups is 4. The molecule has 4 rings (SSSR count). The van der Waals surface area contributed by atoms with Crippen molar-refractivity contribution in [3.8, 4) is 5.75 Å².